The third-order valence-corrected chi connectivity index (χ3v) is 4.66. The average Bonchev–Trinajstić information content (AvgIpc) is 3.06. The van der Waals surface area contributed by atoms with Gasteiger partial charge in [-0.2, -0.15) is 18.3 Å². The molecule has 1 aromatic carbocycles. The summed E-state index contributed by atoms with van der Waals surface area (Å²) in [6, 6.07) is 9.38. The van der Waals surface area contributed by atoms with Crippen LogP contribution in [0.3, 0.4) is 0 Å². The number of pyridine rings is 1. The van der Waals surface area contributed by atoms with Crippen molar-refractivity contribution < 1.29 is 17.9 Å². The Morgan fingerprint density at radius 1 is 1.07 bits per heavy atom. The standard InChI is InChI=1S/C19H17F3N4O.ClH/c1-27-14-4-2-13(3-5-14)18-17(12-6-8-23-9-7-12)15-10-24-16(19(20,21)22)11-26(15)25-18;/h2-9,16,24H,10-11H2,1H3;1H. The molecule has 28 heavy (non-hydrogen) atoms. The molecule has 3 aromatic rings. The van der Waals surface area contributed by atoms with Gasteiger partial charge in [-0.25, -0.2) is 0 Å². The zero-order valence-electron chi connectivity index (χ0n) is 14.9. The van der Waals surface area contributed by atoms with Gasteiger partial charge in [-0.3, -0.25) is 15.0 Å². The van der Waals surface area contributed by atoms with Crippen LogP contribution >= 0.6 is 12.4 Å². The second-order valence-electron chi connectivity index (χ2n) is 6.29. The smallest absolute Gasteiger partial charge is 0.405 e. The Hall–Kier alpha value is -2.58. The Morgan fingerprint density at radius 2 is 1.75 bits per heavy atom. The highest BCUT2D eigenvalue weighted by Crippen LogP contribution is 2.37. The van der Waals surface area contributed by atoms with Crippen molar-refractivity contribution in [3.63, 3.8) is 0 Å². The Balaban J connectivity index is 0.00000225. The lowest BCUT2D eigenvalue weighted by molar-refractivity contribution is -0.162. The van der Waals surface area contributed by atoms with Gasteiger partial charge in [-0.05, 0) is 42.0 Å². The topological polar surface area (TPSA) is 52.0 Å². The number of alkyl halides is 3. The van der Waals surface area contributed by atoms with E-state index in [9.17, 15) is 13.2 Å². The molecule has 0 fully saturated rings. The number of rotatable bonds is 3. The second-order valence-corrected chi connectivity index (χ2v) is 6.29. The van der Waals surface area contributed by atoms with Gasteiger partial charge in [0, 0.05) is 30.1 Å². The van der Waals surface area contributed by atoms with E-state index in [-0.39, 0.29) is 25.5 Å². The minimum absolute atomic E-state index is 0. The summed E-state index contributed by atoms with van der Waals surface area (Å²) in [7, 11) is 1.58. The molecule has 1 unspecified atom stereocenters. The minimum Gasteiger partial charge on any atom is -0.497 e. The zero-order valence-corrected chi connectivity index (χ0v) is 15.7. The Kier molecular flexibility index (Phi) is 5.62. The fourth-order valence-electron chi connectivity index (χ4n) is 3.28. The SMILES string of the molecule is COc1ccc(-c2nn3c(c2-c2ccncc2)CNC(C(F)(F)F)C3)cc1.Cl. The fraction of sp³-hybridized carbons (Fsp3) is 0.263. The fourth-order valence-corrected chi connectivity index (χ4v) is 3.28. The van der Waals surface area contributed by atoms with Crippen LogP contribution in [0.4, 0.5) is 13.2 Å². The summed E-state index contributed by atoms with van der Waals surface area (Å²) in [5.41, 5.74) is 3.86. The first-order chi connectivity index (χ1) is 13.0. The first-order valence-electron chi connectivity index (χ1n) is 8.42. The Bertz CT molecular complexity index is 942. The van der Waals surface area contributed by atoms with E-state index in [4.69, 9.17) is 4.74 Å². The number of hydrogen-bond donors (Lipinski definition) is 1. The molecule has 0 bridgehead atoms. The van der Waals surface area contributed by atoms with E-state index in [0.717, 1.165) is 22.4 Å². The molecule has 4 rings (SSSR count). The van der Waals surface area contributed by atoms with E-state index in [2.05, 4.69) is 15.4 Å². The van der Waals surface area contributed by atoms with Gasteiger partial charge in [0.05, 0.1) is 19.3 Å². The quantitative estimate of drug-likeness (QED) is 0.707. The van der Waals surface area contributed by atoms with Gasteiger partial charge in [0.1, 0.15) is 17.5 Å². The van der Waals surface area contributed by atoms with E-state index in [1.54, 1.807) is 31.6 Å². The number of benzene rings is 1. The molecule has 1 N–H and O–H groups in total. The van der Waals surface area contributed by atoms with Crippen LogP contribution in [0.15, 0.2) is 48.8 Å². The third-order valence-electron chi connectivity index (χ3n) is 4.66. The van der Waals surface area contributed by atoms with Crippen molar-refractivity contribution in [1.29, 1.82) is 0 Å². The lowest BCUT2D eigenvalue weighted by Crippen LogP contribution is -2.48. The molecule has 0 spiro atoms. The van der Waals surface area contributed by atoms with Crippen molar-refractivity contribution in [2.45, 2.75) is 25.3 Å². The van der Waals surface area contributed by atoms with Crippen LogP contribution < -0.4 is 10.1 Å². The van der Waals surface area contributed by atoms with E-state index >= 15 is 0 Å². The summed E-state index contributed by atoms with van der Waals surface area (Å²) in [5, 5.41) is 7.12. The number of nitrogens with zero attached hydrogens (tertiary/aromatic N) is 3. The number of hydrogen-bond acceptors (Lipinski definition) is 4. The minimum atomic E-state index is -4.32. The average molecular weight is 411 g/mol. The van der Waals surface area contributed by atoms with Crippen LogP contribution in [0, 0.1) is 0 Å². The largest absolute Gasteiger partial charge is 0.497 e. The first-order valence-corrected chi connectivity index (χ1v) is 8.42. The van der Waals surface area contributed by atoms with Crippen molar-refractivity contribution in [2.24, 2.45) is 0 Å². The van der Waals surface area contributed by atoms with Gasteiger partial charge in [0.25, 0.3) is 0 Å². The monoisotopic (exact) mass is 410 g/mol. The highest BCUT2D eigenvalue weighted by molar-refractivity contribution is 5.85. The van der Waals surface area contributed by atoms with Gasteiger partial charge in [-0.15, -0.1) is 12.4 Å². The van der Waals surface area contributed by atoms with Gasteiger partial charge < -0.3 is 4.74 Å². The van der Waals surface area contributed by atoms with Crippen LogP contribution in [-0.4, -0.2) is 34.1 Å². The number of fused-ring (bicyclic) bond motifs is 1. The van der Waals surface area contributed by atoms with Gasteiger partial charge >= 0.3 is 6.18 Å². The number of methoxy groups -OCH3 is 1. The molecule has 3 heterocycles. The first kappa shape index (κ1) is 20.2. The highest BCUT2D eigenvalue weighted by atomic mass is 35.5. The van der Waals surface area contributed by atoms with Crippen LogP contribution in [0.25, 0.3) is 22.4 Å². The number of aromatic nitrogens is 3. The molecule has 2 aromatic heterocycles. The van der Waals surface area contributed by atoms with Crippen LogP contribution in [-0.2, 0) is 13.1 Å². The lowest BCUT2D eigenvalue weighted by atomic mass is 9.99. The number of nitrogens with one attached hydrogen (secondary N) is 1. The number of halogens is 4. The summed E-state index contributed by atoms with van der Waals surface area (Å²) in [6.07, 6.45) is -1.00. The van der Waals surface area contributed by atoms with Crippen LogP contribution in [0.2, 0.25) is 0 Å². The van der Waals surface area contributed by atoms with Gasteiger partial charge in [0.15, 0.2) is 0 Å². The molecular formula is C19H18ClF3N4O. The van der Waals surface area contributed by atoms with Crippen molar-refractivity contribution in [3.8, 4) is 28.1 Å². The van der Waals surface area contributed by atoms with E-state index in [0.29, 0.717) is 11.4 Å². The van der Waals surface area contributed by atoms with E-state index < -0.39 is 12.2 Å². The van der Waals surface area contributed by atoms with Crippen LogP contribution in [0.5, 0.6) is 5.75 Å². The molecule has 0 aliphatic carbocycles. The molecular weight excluding hydrogens is 393 g/mol. The van der Waals surface area contributed by atoms with Crippen molar-refractivity contribution in [1.82, 2.24) is 20.1 Å². The summed E-state index contributed by atoms with van der Waals surface area (Å²) in [6.45, 7) is -0.169. The zero-order chi connectivity index (χ0) is 19.0. The molecule has 1 atom stereocenters. The molecule has 1 aliphatic heterocycles. The maximum Gasteiger partial charge on any atom is 0.405 e. The van der Waals surface area contributed by atoms with Gasteiger partial charge in [-0.1, -0.05) is 0 Å². The summed E-state index contributed by atoms with van der Waals surface area (Å²) in [5.74, 6) is 0.701. The maximum absolute atomic E-state index is 13.1. The normalized spacial score (nSPS) is 16.2. The summed E-state index contributed by atoms with van der Waals surface area (Å²) >= 11 is 0. The molecule has 0 saturated carbocycles. The molecule has 1 aliphatic rings. The summed E-state index contributed by atoms with van der Waals surface area (Å²) < 4.78 is 46.1. The number of ether oxygens (including phenoxy) is 1. The predicted molar refractivity (Wildman–Crippen MR) is 101 cm³/mol. The second kappa shape index (κ2) is 7.81. The molecule has 9 heteroatoms. The highest BCUT2D eigenvalue weighted by Gasteiger charge is 2.42. The van der Waals surface area contributed by atoms with Crippen LogP contribution in [0.1, 0.15) is 5.69 Å². The third kappa shape index (κ3) is 3.70. The van der Waals surface area contributed by atoms with E-state index in [1.165, 1.54) is 4.68 Å². The maximum atomic E-state index is 13.1. The van der Waals surface area contributed by atoms with Crippen molar-refractivity contribution in [3.05, 3.63) is 54.5 Å². The van der Waals surface area contributed by atoms with Crippen molar-refractivity contribution >= 4 is 12.4 Å². The Labute approximate surface area is 166 Å². The molecule has 0 radical (unpaired) electrons. The predicted octanol–water partition coefficient (Wildman–Crippen LogP) is 4.08. The molecule has 5 nitrogen and oxygen atoms in total. The summed E-state index contributed by atoms with van der Waals surface area (Å²) in [4.78, 5) is 4.03. The molecule has 0 saturated heterocycles. The Morgan fingerprint density at radius 3 is 2.36 bits per heavy atom. The van der Waals surface area contributed by atoms with E-state index in [1.807, 2.05) is 24.3 Å². The molecule has 0 amide bonds. The molecule has 148 valence electrons. The van der Waals surface area contributed by atoms with Crippen molar-refractivity contribution in [2.75, 3.05) is 7.11 Å². The van der Waals surface area contributed by atoms with Gasteiger partial charge in [0.2, 0.25) is 0 Å². The lowest BCUT2D eigenvalue weighted by Gasteiger charge is -2.27.